The third-order valence-corrected chi connectivity index (χ3v) is 4.39. The molecule has 1 fully saturated rings. The molecular formula is C15H18N2O4. The van der Waals surface area contributed by atoms with E-state index in [1.54, 1.807) is 17.0 Å². The highest BCUT2D eigenvalue weighted by atomic mass is 16.4. The second-order valence-corrected chi connectivity index (χ2v) is 5.89. The van der Waals surface area contributed by atoms with E-state index >= 15 is 0 Å². The van der Waals surface area contributed by atoms with Crippen molar-refractivity contribution >= 4 is 11.9 Å². The quantitative estimate of drug-likeness (QED) is 0.887. The molecule has 0 saturated carbocycles. The molecule has 21 heavy (non-hydrogen) atoms. The van der Waals surface area contributed by atoms with Gasteiger partial charge in [-0.3, -0.25) is 14.4 Å². The molecule has 0 aromatic carbocycles. The van der Waals surface area contributed by atoms with Gasteiger partial charge in [0.05, 0.1) is 6.42 Å². The highest BCUT2D eigenvalue weighted by Gasteiger charge is 2.35. The van der Waals surface area contributed by atoms with Gasteiger partial charge in [0.2, 0.25) is 5.91 Å². The van der Waals surface area contributed by atoms with Gasteiger partial charge in [0.15, 0.2) is 0 Å². The summed E-state index contributed by atoms with van der Waals surface area (Å²) >= 11 is 0. The van der Waals surface area contributed by atoms with Gasteiger partial charge in [0.1, 0.15) is 0 Å². The molecule has 1 saturated heterocycles. The van der Waals surface area contributed by atoms with Gasteiger partial charge in [-0.15, -0.1) is 0 Å². The number of likely N-dealkylation sites (tertiary alicyclic amines) is 1. The van der Waals surface area contributed by atoms with Crippen LogP contribution in [0.25, 0.3) is 0 Å². The number of carbonyl (C=O) groups excluding carboxylic acids is 1. The van der Waals surface area contributed by atoms with Gasteiger partial charge in [-0.2, -0.15) is 0 Å². The predicted octanol–water partition coefficient (Wildman–Crippen LogP) is 0.659. The van der Waals surface area contributed by atoms with Crippen molar-refractivity contribution in [3.63, 3.8) is 0 Å². The first-order valence-electron chi connectivity index (χ1n) is 7.24. The molecule has 3 heterocycles. The number of piperidine rings is 1. The first kappa shape index (κ1) is 13.9. The lowest BCUT2D eigenvalue weighted by Gasteiger charge is -2.42. The van der Waals surface area contributed by atoms with Crippen LogP contribution in [0.15, 0.2) is 23.0 Å². The molecule has 6 heteroatoms. The van der Waals surface area contributed by atoms with Crippen LogP contribution in [0.3, 0.4) is 0 Å². The third kappa shape index (κ3) is 2.70. The molecule has 0 radical (unpaired) electrons. The second kappa shape index (κ2) is 5.35. The van der Waals surface area contributed by atoms with Gasteiger partial charge in [-0.1, -0.05) is 6.07 Å². The molecule has 2 aliphatic rings. The van der Waals surface area contributed by atoms with E-state index in [1.807, 2.05) is 10.6 Å². The van der Waals surface area contributed by atoms with E-state index in [0.29, 0.717) is 19.6 Å². The summed E-state index contributed by atoms with van der Waals surface area (Å²) in [5.74, 6) is -0.582. The summed E-state index contributed by atoms with van der Waals surface area (Å²) in [7, 11) is 0. The number of pyridine rings is 1. The summed E-state index contributed by atoms with van der Waals surface area (Å²) in [6.07, 6.45) is 0.920. The zero-order valence-electron chi connectivity index (χ0n) is 11.7. The normalized spacial score (nSPS) is 23.5. The molecule has 1 amide bonds. The van der Waals surface area contributed by atoms with Crippen LogP contribution in [0.4, 0.5) is 0 Å². The number of aromatic nitrogens is 1. The summed E-state index contributed by atoms with van der Waals surface area (Å²) < 4.78 is 1.82. The Bertz CT molecular complexity index is 637. The molecule has 112 valence electrons. The minimum Gasteiger partial charge on any atom is -0.481 e. The fourth-order valence-corrected chi connectivity index (χ4v) is 3.47. The lowest BCUT2D eigenvalue weighted by Crippen LogP contribution is -2.49. The maximum absolute atomic E-state index is 12.1. The van der Waals surface area contributed by atoms with Crippen molar-refractivity contribution < 1.29 is 14.7 Å². The van der Waals surface area contributed by atoms with Crippen molar-refractivity contribution in [1.82, 2.24) is 9.47 Å². The summed E-state index contributed by atoms with van der Waals surface area (Å²) in [6, 6.07) is 5.29. The van der Waals surface area contributed by atoms with Gasteiger partial charge in [0, 0.05) is 43.7 Å². The van der Waals surface area contributed by atoms with Crippen LogP contribution in [0.5, 0.6) is 0 Å². The molecule has 2 aliphatic heterocycles. The van der Waals surface area contributed by atoms with Crippen LogP contribution < -0.4 is 5.56 Å². The second-order valence-electron chi connectivity index (χ2n) is 5.89. The van der Waals surface area contributed by atoms with Crippen LogP contribution in [-0.4, -0.2) is 39.5 Å². The van der Waals surface area contributed by atoms with Crippen molar-refractivity contribution in [3.8, 4) is 0 Å². The average Bonchev–Trinajstić information content (AvgIpc) is 2.45. The molecule has 0 aliphatic carbocycles. The van der Waals surface area contributed by atoms with Gasteiger partial charge >= 0.3 is 5.97 Å². The number of aliphatic carboxylic acids is 1. The fraction of sp³-hybridized carbons (Fsp3) is 0.533. The Morgan fingerprint density at radius 1 is 1.19 bits per heavy atom. The molecule has 1 N–H and O–H groups in total. The van der Waals surface area contributed by atoms with Crippen LogP contribution in [0, 0.1) is 5.92 Å². The minimum atomic E-state index is -0.947. The molecule has 1 aromatic heterocycles. The first-order valence-corrected chi connectivity index (χ1v) is 7.24. The maximum Gasteiger partial charge on any atom is 0.303 e. The van der Waals surface area contributed by atoms with Crippen molar-refractivity contribution in [2.45, 2.75) is 31.7 Å². The summed E-state index contributed by atoms with van der Waals surface area (Å²) in [5.41, 5.74) is 1.02. The summed E-state index contributed by atoms with van der Waals surface area (Å²) in [4.78, 5) is 36.4. The zero-order chi connectivity index (χ0) is 15.0. The molecule has 6 nitrogen and oxygen atoms in total. The topological polar surface area (TPSA) is 79.6 Å². The number of fused-ring (bicyclic) bond motifs is 4. The Morgan fingerprint density at radius 3 is 2.76 bits per heavy atom. The molecule has 1 aromatic rings. The molecular weight excluding hydrogens is 272 g/mol. The molecule has 0 spiro atoms. The van der Waals surface area contributed by atoms with Crippen molar-refractivity contribution in [3.05, 3.63) is 34.2 Å². The van der Waals surface area contributed by atoms with Gasteiger partial charge < -0.3 is 14.6 Å². The molecule has 2 bridgehead atoms. The van der Waals surface area contributed by atoms with Crippen molar-refractivity contribution in [2.24, 2.45) is 5.92 Å². The van der Waals surface area contributed by atoms with E-state index < -0.39 is 5.97 Å². The Balaban J connectivity index is 1.77. The molecule has 0 unspecified atom stereocenters. The minimum absolute atomic E-state index is 0.0212. The Kier molecular flexibility index (Phi) is 3.53. The number of nitrogens with zero attached hydrogens (tertiary/aromatic N) is 2. The number of hydrogen-bond donors (Lipinski definition) is 1. The highest BCUT2D eigenvalue weighted by Crippen LogP contribution is 2.35. The molecule has 2 atom stereocenters. The largest absolute Gasteiger partial charge is 0.481 e. The predicted molar refractivity (Wildman–Crippen MR) is 75.0 cm³/mol. The van der Waals surface area contributed by atoms with E-state index in [1.165, 1.54) is 0 Å². The molecule has 3 rings (SSSR count). The van der Waals surface area contributed by atoms with Crippen LogP contribution in [-0.2, 0) is 16.1 Å². The van der Waals surface area contributed by atoms with Crippen LogP contribution in [0.2, 0.25) is 0 Å². The number of carboxylic acids is 1. The van der Waals surface area contributed by atoms with Crippen molar-refractivity contribution in [1.29, 1.82) is 0 Å². The fourth-order valence-electron chi connectivity index (χ4n) is 3.47. The number of amides is 1. The number of carbonyl (C=O) groups is 2. The summed E-state index contributed by atoms with van der Waals surface area (Å²) in [5, 5.41) is 8.67. The third-order valence-electron chi connectivity index (χ3n) is 4.39. The smallest absolute Gasteiger partial charge is 0.303 e. The lowest BCUT2D eigenvalue weighted by atomic mass is 9.83. The van der Waals surface area contributed by atoms with E-state index in [9.17, 15) is 14.4 Å². The van der Waals surface area contributed by atoms with Crippen LogP contribution >= 0.6 is 0 Å². The first-order chi connectivity index (χ1) is 10.0. The number of hydrogen-bond acceptors (Lipinski definition) is 3. The standard InChI is InChI=1S/C15H18N2O4/c18-13(4-5-15(20)21)16-7-10-6-11(9-16)12-2-1-3-14(19)17(12)8-10/h1-3,10-11H,4-9H2,(H,20,21)/t10-,11+/m1/s1. The number of carboxylic acid groups (broad SMARTS) is 1. The van der Waals surface area contributed by atoms with Crippen LogP contribution in [0.1, 0.15) is 30.9 Å². The van der Waals surface area contributed by atoms with E-state index in [0.717, 1.165) is 12.1 Å². The summed E-state index contributed by atoms with van der Waals surface area (Å²) in [6.45, 7) is 1.85. The van der Waals surface area contributed by atoms with Crippen molar-refractivity contribution in [2.75, 3.05) is 13.1 Å². The monoisotopic (exact) mass is 290 g/mol. The maximum atomic E-state index is 12.1. The van der Waals surface area contributed by atoms with Gasteiger partial charge in [0.25, 0.3) is 5.56 Å². The lowest BCUT2D eigenvalue weighted by molar-refractivity contribution is -0.141. The Hall–Kier alpha value is -2.11. The zero-order valence-corrected chi connectivity index (χ0v) is 11.7. The van der Waals surface area contributed by atoms with Gasteiger partial charge in [-0.05, 0) is 18.4 Å². The van der Waals surface area contributed by atoms with E-state index in [2.05, 4.69) is 0 Å². The van der Waals surface area contributed by atoms with E-state index in [4.69, 9.17) is 5.11 Å². The number of rotatable bonds is 3. The van der Waals surface area contributed by atoms with Gasteiger partial charge in [-0.25, -0.2) is 0 Å². The Labute approximate surface area is 122 Å². The Morgan fingerprint density at radius 2 is 2.00 bits per heavy atom. The average molecular weight is 290 g/mol. The van der Waals surface area contributed by atoms with E-state index in [-0.39, 0.29) is 36.1 Å². The highest BCUT2D eigenvalue weighted by molar-refractivity contribution is 5.80. The SMILES string of the molecule is O=C(O)CCC(=O)N1C[C@H]2C[C@@H](C1)c1cccc(=O)n1C2.